The summed E-state index contributed by atoms with van der Waals surface area (Å²) in [5.74, 6) is -0.943. The number of aliphatic hydroxyl groups excluding tert-OH is 1. The molecule has 38 heavy (non-hydrogen) atoms. The molecule has 0 bridgehead atoms. The summed E-state index contributed by atoms with van der Waals surface area (Å²) in [5.41, 5.74) is 6.71. The number of fused-ring (bicyclic) bond motifs is 1. The van der Waals surface area contributed by atoms with Crippen LogP contribution >= 0.6 is 11.6 Å². The number of anilines is 1. The van der Waals surface area contributed by atoms with Gasteiger partial charge in [-0.25, -0.2) is 4.79 Å². The predicted molar refractivity (Wildman–Crippen MR) is 153 cm³/mol. The van der Waals surface area contributed by atoms with E-state index in [-0.39, 0.29) is 18.2 Å². The van der Waals surface area contributed by atoms with Crippen LogP contribution in [0.15, 0.2) is 103 Å². The van der Waals surface area contributed by atoms with E-state index in [2.05, 4.69) is 64.5 Å². The normalized spacial score (nSPS) is 11.2. The van der Waals surface area contributed by atoms with E-state index in [0.717, 1.165) is 39.0 Å². The summed E-state index contributed by atoms with van der Waals surface area (Å²) in [4.78, 5) is 11.2. The van der Waals surface area contributed by atoms with Crippen LogP contribution in [0.4, 0.5) is 5.69 Å². The topological polar surface area (TPSA) is 74.5 Å². The summed E-state index contributed by atoms with van der Waals surface area (Å²) in [6, 6.07) is 33.5. The van der Waals surface area contributed by atoms with E-state index in [9.17, 15) is 9.90 Å². The third-order valence-electron chi connectivity index (χ3n) is 6.86. The largest absolute Gasteiger partial charge is 0.478 e. The molecule has 1 heterocycles. The molecule has 5 aromatic rings. The second-order valence-corrected chi connectivity index (χ2v) is 9.65. The Hall–Kier alpha value is -4.06. The number of rotatable bonds is 10. The molecule has 0 aliphatic carbocycles. The SMILES string of the molecule is O=C(O)c1ccc(NCCc2c(CCO)n(C(c3ccccc3)c3ccccc3)c3ccc(Cl)cc23)cc1. The van der Waals surface area contributed by atoms with Gasteiger partial charge in [0.05, 0.1) is 11.6 Å². The third kappa shape index (κ3) is 5.30. The molecule has 3 N–H and O–H groups in total. The molecule has 1 aromatic heterocycles. The Balaban J connectivity index is 1.59. The van der Waals surface area contributed by atoms with Crippen molar-refractivity contribution >= 4 is 34.2 Å². The number of nitrogens with zero attached hydrogens (tertiary/aromatic N) is 1. The van der Waals surface area contributed by atoms with Crippen LogP contribution in [0.2, 0.25) is 5.02 Å². The van der Waals surface area contributed by atoms with Crippen molar-refractivity contribution in [3.63, 3.8) is 0 Å². The highest BCUT2D eigenvalue weighted by Crippen LogP contribution is 2.37. The summed E-state index contributed by atoms with van der Waals surface area (Å²) in [6.45, 7) is 0.662. The standard InChI is InChI=1S/C32H29ClN2O3/c33-25-13-16-29-28(21-25)27(17-19-34-26-14-11-24(12-15-26)32(37)38)30(18-20-36)35(29)31(22-7-3-1-4-8-22)23-9-5-2-6-10-23/h1-16,21,31,34,36H,17-20H2,(H,37,38). The second kappa shape index (κ2) is 11.5. The van der Waals surface area contributed by atoms with Gasteiger partial charge in [0.1, 0.15) is 0 Å². The first-order chi connectivity index (χ1) is 18.6. The van der Waals surface area contributed by atoms with Crippen molar-refractivity contribution in [3.8, 4) is 0 Å². The van der Waals surface area contributed by atoms with Crippen molar-refractivity contribution in [3.05, 3.63) is 136 Å². The Morgan fingerprint density at radius 1 is 0.842 bits per heavy atom. The number of aromatic carboxylic acids is 1. The molecule has 4 aromatic carbocycles. The molecule has 0 atom stereocenters. The van der Waals surface area contributed by atoms with Crippen molar-refractivity contribution in [1.29, 1.82) is 0 Å². The average molecular weight is 525 g/mol. The maximum Gasteiger partial charge on any atom is 0.335 e. The van der Waals surface area contributed by atoms with Crippen molar-refractivity contribution in [1.82, 2.24) is 4.57 Å². The number of aromatic nitrogens is 1. The summed E-state index contributed by atoms with van der Waals surface area (Å²) in [5, 5.41) is 24.5. The van der Waals surface area contributed by atoms with E-state index >= 15 is 0 Å². The molecule has 5 rings (SSSR count). The molecule has 0 aliphatic rings. The van der Waals surface area contributed by atoms with Crippen LogP contribution in [0.25, 0.3) is 10.9 Å². The Morgan fingerprint density at radius 2 is 1.47 bits per heavy atom. The van der Waals surface area contributed by atoms with Gasteiger partial charge in [-0.1, -0.05) is 72.3 Å². The Kier molecular flexibility index (Phi) is 7.78. The highest BCUT2D eigenvalue weighted by molar-refractivity contribution is 6.31. The Morgan fingerprint density at radius 3 is 2.05 bits per heavy atom. The summed E-state index contributed by atoms with van der Waals surface area (Å²) in [7, 11) is 0. The number of hydrogen-bond donors (Lipinski definition) is 3. The molecule has 5 nitrogen and oxygen atoms in total. The van der Waals surface area contributed by atoms with Crippen LogP contribution in [0.5, 0.6) is 0 Å². The lowest BCUT2D eigenvalue weighted by molar-refractivity contribution is 0.0697. The highest BCUT2D eigenvalue weighted by atomic mass is 35.5. The number of hydrogen-bond acceptors (Lipinski definition) is 3. The van der Waals surface area contributed by atoms with Crippen molar-refractivity contribution in [2.45, 2.75) is 18.9 Å². The zero-order valence-electron chi connectivity index (χ0n) is 20.8. The minimum absolute atomic E-state index is 0.0252. The van der Waals surface area contributed by atoms with Crippen LogP contribution in [0.3, 0.4) is 0 Å². The molecule has 0 saturated heterocycles. The monoisotopic (exact) mass is 524 g/mol. The van der Waals surface area contributed by atoms with Gasteiger partial charge in [0.25, 0.3) is 0 Å². The minimum atomic E-state index is -0.943. The van der Waals surface area contributed by atoms with Gasteiger partial charge in [-0.2, -0.15) is 0 Å². The lowest BCUT2D eigenvalue weighted by Crippen LogP contribution is -2.17. The number of halogens is 1. The van der Waals surface area contributed by atoms with Gasteiger partial charge in [-0.15, -0.1) is 0 Å². The first kappa shape index (κ1) is 25.6. The molecular weight excluding hydrogens is 496 g/mol. The van der Waals surface area contributed by atoms with Crippen LogP contribution in [0.1, 0.15) is 38.8 Å². The Labute approximate surface area is 226 Å². The predicted octanol–water partition coefficient (Wildman–Crippen LogP) is 6.82. The van der Waals surface area contributed by atoms with Crippen LogP contribution < -0.4 is 5.32 Å². The molecule has 6 heteroatoms. The van der Waals surface area contributed by atoms with Gasteiger partial charge in [-0.05, 0) is 65.6 Å². The van der Waals surface area contributed by atoms with Crippen molar-refractivity contribution in [2.75, 3.05) is 18.5 Å². The number of carboxylic acids is 1. The quantitative estimate of drug-likeness (QED) is 0.187. The van der Waals surface area contributed by atoms with E-state index in [0.29, 0.717) is 24.4 Å². The molecule has 0 radical (unpaired) electrons. The van der Waals surface area contributed by atoms with Crippen LogP contribution in [-0.4, -0.2) is 33.9 Å². The zero-order valence-corrected chi connectivity index (χ0v) is 21.6. The zero-order chi connectivity index (χ0) is 26.5. The number of carbonyl (C=O) groups is 1. The molecule has 0 spiro atoms. The van der Waals surface area contributed by atoms with Gasteiger partial charge in [0, 0.05) is 46.9 Å². The van der Waals surface area contributed by atoms with E-state index in [1.54, 1.807) is 24.3 Å². The van der Waals surface area contributed by atoms with E-state index in [1.807, 2.05) is 24.3 Å². The molecule has 0 unspecified atom stereocenters. The highest BCUT2D eigenvalue weighted by Gasteiger charge is 2.25. The number of benzene rings is 4. The van der Waals surface area contributed by atoms with Crippen molar-refractivity contribution < 1.29 is 15.0 Å². The maximum atomic E-state index is 11.2. The average Bonchev–Trinajstić information content (AvgIpc) is 3.22. The van der Waals surface area contributed by atoms with Gasteiger partial charge >= 0.3 is 5.97 Å². The summed E-state index contributed by atoms with van der Waals surface area (Å²) >= 11 is 6.49. The third-order valence-corrected chi connectivity index (χ3v) is 7.09. The first-order valence-electron chi connectivity index (χ1n) is 12.7. The summed E-state index contributed by atoms with van der Waals surface area (Å²) in [6.07, 6.45) is 1.21. The fraction of sp³-hybridized carbons (Fsp3) is 0.156. The fourth-order valence-electron chi connectivity index (χ4n) is 5.18. The molecule has 192 valence electrons. The van der Waals surface area contributed by atoms with Crippen molar-refractivity contribution in [2.24, 2.45) is 0 Å². The molecule has 0 saturated carbocycles. The van der Waals surface area contributed by atoms with Gasteiger partial charge in [0.2, 0.25) is 0 Å². The number of nitrogens with one attached hydrogen (secondary N) is 1. The number of aliphatic hydroxyl groups is 1. The molecule has 0 fully saturated rings. The Bertz CT molecular complexity index is 1490. The molecule has 0 amide bonds. The van der Waals surface area contributed by atoms with Gasteiger partial charge in [0.15, 0.2) is 0 Å². The van der Waals surface area contributed by atoms with E-state index in [1.165, 1.54) is 0 Å². The second-order valence-electron chi connectivity index (χ2n) is 9.21. The van der Waals surface area contributed by atoms with Crippen LogP contribution in [-0.2, 0) is 12.8 Å². The van der Waals surface area contributed by atoms with Gasteiger partial charge < -0.3 is 20.1 Å². The van der Waals surface area contributed by atoms with E-state index in [4.69, 9.17) is 16.7 Å². The maximum absolute atomic E-state index is 11.2. The number of carboxylic acid groups (broad SMARTS) is 1. The lowest BCUT2D eigenvalue weighted by Gasteiger charge is -2.24. The smallest absolute Gasteiger partial charge is 0.335 e. The van der Waals surface area contributed by atoms with E-state index < -0.39 is 5.97 Å². The minimum Gasteiger partial charge on any atom is -0.478 e. The lowest BCUT2D eigenvalue weighted by atomic mass is 9.97. The van der Waals surface area contributed by atoms with Gasteiger partial charge in [-0.3, -0.25) is 0 Å². The van der Waals surface area contributed by atoms with Crippen LogP contribution in [0, 0.1) is 0 Å². The molecular formula is C32H29ClN2O3. The molecule has 0 aliphatic heterocycles. The fourth-order valence-corrected chi connectivity index (χ4v) is 5.35. The summed E-state index contributed by atoms with van der Waals surface area (Å²) < 4.78 is 2.35. The first-order valence-corrected chi connectivity index (χ1v) is 13.0.